The highest BCUT2D eigenvalue weighted by Gasteiger charge is 2.34. The molecule has 3 aliphatic heterocycles. The molecule has 0 saturated carbocycles. The minimum atomic E-state index is -0.990. The minimum Gasteiger partial charge on any atom is -0.465 e. The number of likely N-dealkylation sites (N-methyl/N-ethyl adjacent to an activating group) is 1. The van der Waals surface area contributed by atoms with Crippen LogP contribution in [0.25, 0.3) is 10.8 Å². The molecule has 1 N–H and O–H groups in total. The first-order chi connectivity index (χ1) is 19.9. The van der Waals surface area contributed by atoms with Crippen molar-refractivity contribution in [2.75, 3.05) is 56.2 Å². The van der Waals surface area contributed by atoms with Crippen LogP contribution in [0.3, 0.4) is 0 Å². The summed E-state index contributed by atoms with van der Waals surface area (Å²) >= 11 is 3.76. The summed E-state index contributed by atoms with van der Waals surface area (Å²) in [5.41, 5.74) is 3.16. The molecule has 0 bridgehead atoms. The first-order valence-corrected chi connectivity index (χ1v) is 15.0. The van der Waals surface area contributed by atoms with Gasteiger partial charge in [-0.15, -0.1) is 0 Å². The van der Waals surface area contributed by atoms with E-state index < -0.39 is 12.1 Å². The maximum atomic E-state index is 11.8. The van der Waals surface area contributed by atoms with Gasteiger partial charge in [-0.05, 0) is 50.4 Å². The Morgan fingerprint density at radius 2 is 1.95 bits per heavy atom. The zero-order chi connectivity index (χ0) is 28.5. The number of aromatic nitrogens is 2. The number of piperazine rings is 1. The van der Waals surface area contributed by atoms with Crippen molar-refractivity contribution in [1.82, 2.24) is 19.8 Å². The van der Waals surface area contributed by atoms with Gasteiger partial charge in [0.25, 0.3) is 0 Å². The first-order valence-electron chi connectivity index (χ1n) is 14.2. The van der Waals surface area contributed by atoms with E-state index in [1.165, 1.54) is 15.7 Å². The number of rotatable bonds is 6. The lowest BCUT2D eigenvalue weighted by molar-refractivity contribution is 0.119. The second-order valence-electron chi connectivity index (χ2n) is 11.1. The van der Waals surface area contributed by atoms with Crippen molar-refractivity contribution < 1.29 is 14.6 Å². The van der Waals surface area contributed by atoms with Gasteiger partial charge in [0.2, 0.25) is 0 Å². The number of carbonyl (C=O) groups is 1. The van der Waals surface area contributed by atoms with Crippen LogP contribution in [0.2, 0.25) is 0 Å². The van der Waals surface area contributed by atoms with E-state index in [9.17, 15) is 15.2 Å². The van der Waals surface area contributed by atoms with Gasteiger partial charge in [-0.25, -0.2) is 4.79 Å². The summed E-state index contributed by atoms with van der Waals surface area (Å²) in [5, 5.41) is 21.4. The number of halogens is 1. The highest BCUT2D eigenvalue weighted by Crippen LogP contribution is 2.37. The largest absolute Gasteiger partial charge is 0.465 e. The minimum absolute atomic E-state index is 0.136. The van der Waals surface area contributed by atoms with E-state index in [1.54, 1.807) is 0 Å². The van der Waals surface area contributed by atoms with Gasteiger partial charge in [0.1, 0.15) is 12.4 Å². The molecule has 0 radical (unpaired) electrons. The number of hydrogen-bond donors (Lipinski definition) is 1. The summed E-state index contributed by atoms with van der Waals surface area (Å²) in [6, 6.07) is 15.1. The molecular weight excluding hydrogens is 586 g/mol. The summed E-state index contributed by atoms with van der Waals surface area (Å²) in [4.78, 5) is 29.9. The fourth-order valence-electron chi connectivity index (χ4n) is 6.40. The van der Waals surface area contributed by atoms with E-state index in [0.717, 1.165) is 59.6 Å². The molecule has 2 atom stereocenters. The number of likely N-dealkylation sites (tertiary alicyclic amines) is 1. The Kier molecular flexibility index (Phi) is 7.86. The SMILES string of the molecule is CN1CCC[C@H]1COc1nc2c(c(N3CCN(C(=O)O)[C@@H](CC#N)C3)n1)CCN(c1cccc3cccc(Br)c13)C2. The van der Waals surface area contributed by atoms with Crippen molar-refractivity contribution in [2.45, 2.75) is 44.3 Å². The quantitative estimate of drug-likeness (QED) is 0.426. The van der Waals surface area contributed by atoms with E-state index in [2.05, 4.69) is 80.1 Å². The molecule has 2 aromatic carbocycles. The van der Waals surface area contributed by atoms with Gasteiger partial charge in [-0.1, -0.05) is 40.2 Å². The van der Waals surface area contributed by atoms with Crippen LogP contribution in [0.15, 0.2) is 40.9 Å². The molecule has 2 fully saturated rings. The molecule has 41 heavy (non-hydrogen) atoms. The number of carboxylic acid groups (broad SMARTS) is 1. The summed E-state index contributed by atoms with van der Waals surface area (Å²) < 4.78 is 7.31. The summed E-state index contributed by atoms with van der Waals surface area (Å²) in [5.74, 6) is 0.802. The van der Waals surface area contributed by atoms with E-state index in [-0.39, 0.29) is 6.42 Å². The molecule has 6 rings (SSSR count). The predicted octanol–water partition coefficient (Wildman–Crippen LogP) is 4.51. The second kappa shape index (κ2) is 11.7. The standard InChI is InChI=1S/C30H34BrN7O3/c1-35-13-4-7-22(35)19-41-29-33-25-18-36(26-9-3-6-20-5-2-8-24(31)27(20)26)14-11-23(25)28(34-29)37-15-16-38(30(39)40)21(17-37)10-12-32/h2-3,5-6,8-9,21-22H,4,7,10-11,13-19H2,1H3,(H,39,40)/t21-,22-/m0/s1. The normalized spacial score (nSPS) is 21.1. The van der Waals surface area contributed by atoms with Crippen LogP contribution >= 0.6 is 15.9 Å². The number of nitrogens with zero attached hydrogens (tertiary/aromatic N) is 7. The zero-order valence-corrected chi connectivity index (χ0v) is 24.8. The highest BCUT2D eigenvalue weighted by molar-refractivity contribution is 9.10. The third kappa shape index (κ3) is 5.51. The molecule has 1 aromatic heterocycles. The molecule has 0 unspecified atom stereocenters. The van der Waals surface area contributed by atoms with E-state index in [1.807, 2.05) is 0 Å². The first kappa shape index (κ1) is 27.5. The maximum absolute atomic E-state index is 11.8. The second-order valence-corrected chi connectivity index (χ2v) is 11.9. The molecule has 214 valence electrons. The van der Waals surface area contributed by atoms with Crippen LogP contribution in [0.1, 0.15) is 30.5 Å². The molecule has 10 nitrogen and oxygen atoms in total. The molecule has 1 amide bonds. The number of anilines is 2. The summed E-state index contributed by atoms with van der Waals surface area (Å²) in [7, 11) is 2.12. The van der Waals surface area contributed by atoms with Gasteiger partial charge >= 0.3 is 12.1 Å². The lowest BCUT2D eigenvalue weighted by Gasteiger charge is -2.41. The Bertz CT molecular complexity index is 1490. The number of hydrogen-bond acceptors (Lipinski definition) is 8. The number of benzene rings is 2. The van der Waals surface area contributed by atoms with Gasteiger partial charge in [0, 0.05) is 53.3 Å². The van der Waals surface area contributed by atoms with Crippen molar-refractivity contribution >= 4 is 44.3 Å². The fraction of sp³-hybridized carbons (Fsp3) is 0.467. The smallest absolute Gasteiger partial charge is 0.407 e. The summed E-state index contributed by atoms with van der Waals surface area (Å²) in [6.45, 7) is 4.23. The average Bonchev–Trinajstić information content (AvgIpc) is 3.39. The van der Waals surface area contributed by atoms with Crippen molar-refractivity contribution in [2.24, 2.45) is 0 Å². The molecule has 0 aliphatic carbocycles. The molecular formula is C30H34BrN7O3. The highest BCUT2D eigenvalue weighted by atomic mass is 79.9. The number of amides is 1. The van der Waals surface area contributed by atoms with Crippen molar-refractivity contribution in [3.63, 3.8) is 0 Å². The Labute approximate surface area is 248 Å². The van der Waals surface area contributed by atoms with Crippen molar-refractivity contribution in [3.8, 4) is 12.1 Å². The number of ether oxygens (including phenoxy) is 1. The van der Waals surface area contributed by atoms with Gasteiger partial charge in [-0.3, -0.25) is 0 Å². The van der Waals surface area contributed by atoms with Crippen molar-refractivity contribution in [3.05, 3.63) is 52.1 Å². The van der Waals surface area contributed by atoms with Crippen LogP contribution in [0.5, 0.6) is 6.01 Å². The van der Waals surface area contributed by atoms with E-state index >= 15 is 0 Å². The van der Waals surface area contributed by atoms with E-state index in [4.69, 9.17) is 14.7 Å². The van der Waals surface area contributed by atoms with Crippen LogP contribution in [0.4, 0.5) is 16.3 Å². The third-order valence-corrected chi connectivity index (χ3v) is 9.29. The van der Waals surface area contributed by atoms with Gasteiger partial charge in [0.15, 0.2) is 0 Å². The topological polar surface area (TPSA) is 109 Å². The lowest BCUT2D eigenvalue weighted by Crippen LogP contribution is -2.55. The fourth-order valence-corrected chi connectivity index (χ4v) is 6.98. The van der Waals surface area contributed by atoms with Gasteiger partial charge < -0.3 is 29.4 Å². The molecule has 2 saturated heterocycles. The average molecular weight is 621 g/mol. The van der Waals surface area contributed by atoms with Gasteiger partial charge in [0.05, 0.1) is 30.8 Å². The Morgan fingerprint density at radius 1 is 1.12 bits per heavy atom. The Balaban J connectivity index is 1.34. The Hall–Kier alpha value is -3.62. The number of fused-ring (bicyclic) bond motifs is 2. The number of nitriles is 1. The van der Waals surface area contributed by atoms with E-state index in [0.29, 0.717) is 44.8 Å². The lowest BCUT2D eigenvalue weighted by atomic mass is 10.0. The molecule has 11 heteroatoms. The van der Waals surface area contributed by atoms with Crippen LogP contribution in [0, 0.1) is 11.3 Å². The predicted molar refractivity (Wildman–Crippen MR) is 161 cm³/mol. The van der Waals surface area contributed by atoms with Crippen LogP contribution in [-0.2, 0) is 13.0 Å². The molecule has 3 aromatic rings. The van der Waals surface area contributed by atoms with Crippen LogP contribution < -0.4 is 14.5 Å². The summed E-state index contributed by atoms with van der Waals surface area (Å²) in [6.07, 6.45) is 2.14. The Morgan fingerprint density at radius 3 is 2.71 bits per heavy atom. The molecule has 0 spiro atoms. The van der Waals surface area contributed by atoms with Crippen LogP contribution in [-0.4, -0.2) is 89.4 Å². The molecule has 3 aliphatic rings. The molecule has 4 heterocycles. The maximum Gasteiger partial charge on any atom is 0.407 e. The monoisotopic (exact) mass is 619 g/mol. The zero-order valence-electron chi connectivity index (χ0n) is 23.2. The van der Waals surface area contributed by atoms with Gasteiger partial charge in [-0.2, -0.15) is 15.2 Å². The third-order valence-electron chi connectivity index (χ3n) is 8.63. The van der Waals surface area contributed by atoms with Crippen molar-refractivity contribution in [1.29, 1.82) is 5.26 Å².